The first-order valence-corrected chi connectivity index (χ1v) is 9.82. The van der Waals surface area contributed by atoms with E-state index in [0.717, 1.165) is 21.1 Å². The standard InChI is InChI=1S/C23H21NO4S/c1-16(25)28-15-17-7-3-5-9-21(17)29-22-10-6-4-8-20(22)23(26)24-18-11-13-19(27-2)14-12-18/h3-14H,15H2,1-2H3,(H,24,26). The van der Waals surface area contributed by atoms with Crippen molar-refractivity contribution in [2.24, 2.45) is 0 Å². The third-order valence-corrected chi connectivity index (χ3v) is 5.30. The van der Waals surface area contributed by atoms with E-state index in [4.69, 9.17) is 9.47 Å². The monoisotopic (exact) mass is 407 g/mol. The van der Waals surface area contributed by atoms with Crippen molar-refractivity contribution in [1.82, 2.24) is 0 Å². The molecule has 1 N–H and O–H groups in total. The van der Waals surface area contributed by atoms with Crippen molar-refractivity contribution in [3.05, 3.63) is 83.9 Å². The molecule has 0 fully saturated rings. The number of amides is 1. The lowest BCUT2D eigenvalue weighted by atomic mass is 10.2. The number of hydrogen-bond acceptors (Lipinski definition) is 5. The molecule has 0 atom stereocenters. The first kappa shape index (κ1) is 20.5. The van der Waals surface area contributed by atoms with Crippen LogP contribution in [0.5, 0.6) is 5.75 Å². The zero-order chi connectivity index (χ0) is 20.6. The zero-order valence-corrected chi connectivity index (χ0v) is 17.0. The second kappa shape index (κ2) is 9.80. The zero-order valence-electron chi connectivity index (χ0n) is 16.2. The molecule has 0 unspecified atom stereocenters. The van der Waals surface area contributed by atoms with Crippen LogP contribution in [0.15, 0.2) is 82.6 Å². The Morgan fingerprint density at radius 3 is 2.24 bits per heavy atom. The number of anilines is 1. The summed E-state index contributed by atoms with van der Waals surface area (Å²) in [6.45, 7) is 1.58. The number of nitrogens with one attached hydrogen (secondary N) is 1. The summed E-state index contributed by atoms with van der Waals surface area (Å²) in [5.74, 6) is 0.197. The van der Waals surface area contributed by atoms with E-state index in [1.807, 2.05) is 42.5 Å². The third kappa shape index (κ3) is 5.62. The van der Waals surface area contributed by atoms with Crippen LogP contribution in [0.4, 0.5) is 5.69 Å². The van der Waals surface area contributed by atoms with Crippen LogP contribution < -0.4 is 10.1 Å². The van der Waals surface area contributed by atoms with Crippen molar-refractivity contribution in [1.29, 1.82) is 0 Å². The van der Waals surface area contributed by atoms with E-state index in [-0.39, 0.29) is 18.5 Å². The van der Waals surface area contributed by atoms with Gasteiger partial charge >= 0.3 is 5.97 Å². The highest BCUT2D eigenvalue weighted by molar-refractivity contribution is 7.99. The SMILES string of the molecule is COc1ccc(NC(=O)c2ccccc2Sc2ccccc2COC(C)=O)cc1. The van der Waals surface area contributed by atoms with Gasteiger partial charge in [-0.15, -0.1) is 0 Å². The average Bonchev–Trinajstić information content (AvgIpc) is 2.74. The highest BCUT2D eigenvalue weighted by Gasteiger charge is 2.14. The minimum Gasteiger partial charge on any atom is -0.497 e. The number of carbonyl (C=O) groups excluding carboxylic acids is 2. The van der Waals surface area contributed by atoms with Gasteiger partial charge in [0.1, 0.15) is 12.4 Å². The minimum atomic E-state index is -0.330. The van der Waals surface area contributed by atoms with Crippen LogP contribution in [0.1, 0.15) is 22.8 Å². The Bertz CT molecular complexity index is 1000. The van der Waals surface area contributed by atoms with E-state index in [1.165, 1.54) is 18.7 Å². The Balaban J connectivity index is 1.80. The average molecular weight is 407 g/mol. The van der Waals surface area contributed by atoms with Crippen LogP contribution in [0.2, 0.25) is 0 Å². The van der Waals surface area contributed by atoms with E-state index in [2.05, 4.69) is 5.32 Å². The highest BCUT2D eigenvalue weighted by atomic mass is 32.2. The number of carbonyl (C=O) groups is 2. The third-order valence-electron chi connectivity index (χ3n) is 4.10. The fourth-order valence-corrected chi connectivity index (χ4v) is 3.70. The lowest BCUT2D eigenvalue weighted by Gasteiger charge is -2.13. The fourth-order valence-electron chi connectivity index (χ4n) is 2.64. The molecule has 0 aliphatic rings. The van der Waals surface area contributed by atoms with Crippen molar-refractivity contribution in [2.75, 3.05) is 12.4 Å². The summed E-state index contributed by atoms with van der Waals surface area (Å²) in [6, 6.07) is 22.2. The van der Waals surface area contributed by atoms with Crippen LogP contribution in [-0.4, -0.2) is 19.0 Å². The molecule has 6 heteroatoms. The first-order chi connectivity index (χ1) is 14.1. The van der Waals surface area contributed by atoms with E-state index in [0.29, 0.717) is 11.3 Å². The van der Waals surface area contributed by atoms with Gasteiger partial charge in [-0.2, -0.15) is 0 Å². The van der Waals surface area contributed by atoms with Gasteiger partial charge in [0.2, 0.25) is 0 Å². The number of rotatable bonds is 7. The van der Waals surface area contributed by atoms with Crippen molar-refractivity contribution >= 4 is 29.3 Å². The van der Waals surface area contributed by atoms with Crippen molar-refractivity contribution in [2.45, 2.75) is 23.3 Å². The lowest BCUT2D eigenvalue weighted by Crippen LogP contribution is -2.12. The topological polar surface area (TPSA) is 64.6 Å². The lowest BCUT2D eigenvalue weighted by molar-refractivity contribution is -0.142. The van der Waals surface area contributed by atoms with Crippen molar-refractivity contribution in [3.8, 4) is 5.75 Å². The molecule has 29 heavy (non-hydrogen) atoms. The van der Waals surface area contributed by atoms with Crippen molar-refractivity contribution < 1.29 is 19.1 Å². The minimum absolute atomic E-state index is 0.193. The summed E-state index contributed by atoms with van der Waals surface area (Å²) in [4.78, 5) is 25.8. The van der Waals surface area contributed by atoms with Gasteiger partial charge in [0, 0.05) is 28.0 Å². The number of esters is 1. The first-order valence-electron chi connectivity index (χ1n) is 9.00. The van der Waals surface area contributed by atoms with Gasteiger partial charge in [-0.1, -0.05) is 42.1 Å². The maximum absolute atomic E-state index is 12.9. The van der Waals surface area contributed by atoms with Gasteiger partial charge < -0.3 is 14.8 Å². The Kier molecular flexibility index (Phi) is 6.92. The molecule has 3 rings (SSSR count). The molecular formula is C23H21NO4S. The molecule has 0 aromatic heterocycles. The van der Waals surface area contributed by atoms with Crippen LogP contribution in [0.25, 0.3) is 0 Å². The summed E-state index contributed by atoms with van der Waals surface area (Å²) in [6.07, 6.45) is 0. The predicted molar refractivity (Wildman–Crippen MR) is 113 cm³/mol. The second-order valence-electron chi connectivity index (χ2n) is 6.17. The molecule has 1 amide bonds. The van der Waals surface area contributed by atoms with Crippen LogP contribution >= 0.6 is 11.8 Å². The largest absolute Gasteiger partial charge is 0.497 e. The van der Waals surface area contributed by atoms with E-state index < -0.39 is 0 Å². The quantitative estimate of drug-likeness (QED) is 0.548. The molecule has 0 saturated heterocycles. The molecule has 0 bridgehead atoms. The highest BCUT2D eigenvalue weighted by Crippen LogP contribution is 2.33. The summed E-state index contributed by atoms with van der Waals surface area (Å²) < 4.78 is 10.3. The van der Waals surface area contributed by atoms with Crippen LogP contribution in [0, 0.1) is 0 Å². The maximum Gasteiger partial charge on any atom is 0.302 e. The van der Waals surface area contributed by atoms with Gasteiger partial charge in [-0.3, -0.25) is 9.59 Å². The van der Waals surface area contributed by atoms with Crippen LogP contribution in [0.3, 0.4) is 0 Å². The Morgan fingerprint density at radius 2 is 1.55 bits per heavy atom. The molecule has 0 heterocycles. The van der Waals surface area contributed by atoms with Gasteiger partial charge in [-0.25, -0.2) is 0 Å². The van der Waals surface area contributed by atoms with Gasteiger partial charge in [-0.05, 0) is 42.5 Å². The Labute approximate surface area is 174 Å². The summed E-state index contributed by atoms with van der Waals surface area (Å²) in [5, 5.41) is 2.91. The van der Waals surface area contributed by atoms with Crippen LogP contribution in [-0.2, 0) is 16.1 Å². The molecule has 0 aliphatic heterocycles. The van der Waals surface area contributed by atoms with E-state index in [9.17, 15) is 9.59 Å². The van der Waals surface area contributed by atoms with E-state index >= 15 is 0 Å². The molecule has 0 radical (unpaired) electrons. The van der Waals surface area contributed by atoms with Crippen molar-refractivity contribution in [3.63, 3.8) is 0 Å². The Hall–Kier alpha value is -3.25. The number of benzene rings is 3. The molecule has 5 nitrogen and oxygen atoms in total. The van der Waals surface area contributed by atoms with E-state index in [1.54, 1.807) is 37.4 Å². The fraction of sp³-hybridized carbons (Fsp3) is 0.130. The molecule has 0 aliphatic carbocycles. The summed E-state index contributed by atoms with van der Waals surface area (Å²) >= 11 is 1.47. The normalized spacial score (nSPS) is 10.3. The molecule has 148 valence electrons. The predicted octanol–water partition coefficient (Wildman–Crippen LogP) is 5.16. The molecular weight excluding hydrogens is 386 g/mol. The molecule has 3 aromatic rings. The van der Waals surface area contributed by atoms with Gasteiger partial charge in [0.25, 0.3) is 5.91 Å². The van der Waals surface area contributed by atoms with Gasteiger partial charge in [0.05, 0.1) is 12.7 Å². The molecule has 0 saturated carbocycles. The second-order valence-corrected chi connectivity index (χ2v) is 7.25. The van der Waals surface area contributed by atoms with Gasteiger partial charge in [0.15, 0.2) is 0 Å². The summed E-state index contributed by atoms with van der Waals surface area (Å²) in [7, 11) is 1.60. The number of hydrogen-bond donors (Lipinski definition) is 1. The summed E-state index contributed by atoms with van der Waals surface area (Å²) in [5.41, 5.74) is 2.14. The number of ether oxygens (including phenoxy) is 2. The molecule has 0 spiro atoms. The maximum atomic E-state index is 12.9. The number of methoxy groups -OCH3 is 1. The smallest absolute Gasteiger partial charge is 0.302 e. The molecule has 3 aromatic carbocycles. The Morgan fingerprint density at radius 1 is 0.897 bits per heavy atom.